The number of amides is 4. The van der Waals surface area contributed by atoms with Crippen LogP contribution >= 0.6 is 0 Å². The summed E-state index contributed by atoms with van der Waals surface area (Å²) >= 11 is 0. The van der Waals surface area contributed by atoms with E-state index in [4.69, 9.17) is 9.94 Å². The van der Waals surface area contributed by atoms with E-state index in [1.165, 1.54) is 4.90 Å². The van der Waals surface area contributed by atoms with Gasteiger partial charge >= 0.3 is 12.0 Å². The minimum Gasteiger partial charge on any atom is -0.479 e. The van der Waals surface area contributed by atoms with Crippen LogP contribution in [0.1, 0.15) is 25.7 Å². The first-order valence-corrected chi connectivity index (χ1v) is 8.72. The average Bonchev–Trinajstić information content (AvgIpc) is 2.88. The van der Waals surface area contributed by atoms with Crippen LogP contribution in [-0.4, -0.2) is 77.2 Å². The SMILES string of the molecule is O=C(O)CON1C(=O)N2C[C@H]1CC[C@@H]2C(=O)NNC(=O)[C@@H]1CCCNC1. The maximum absolute atomic E-state index is 12.4. The van der Waals surface area contributed by atoms with Gasteiger partial charge in [-0.25, -0.2) is 9.59 Å². The number of carbonyl (C=O) groups excluding carboxylic acids is 3. The average molecular weight is 369 g/mol. The molecule has 3 fully saturated rings. The predicted octanol–water partition coefficient (Wildman–Crippen LogP) is -1.58. The fraction of sp³-hybridized carbons (Fsp3) is 0.733. The van der Waals surface area contributed by atoms with E-state index in [-0.39, 0.29) is 24.4 Å². The summed E-state index contributed by atoms with van der Waals surface area (Å²) in [5, 5.41) is 12.9. The van der Waals surface area contributed by atoms with Gasteiger partial charge in [0.05, 0.1) is 12.0 Å². The van der Waals surface area contributed by atoms with Gasteiger partial charge in [-0.05, 0) is 32.2 Å². The summed E-state index contributed by atoms with van der Waals surface area (Å²) in [6.07, 6.45) is 2.60. The molecule has 2 bridgehead atoms. The maximum atomic E-state index is 12.4. The lowest BCUT2D eigenvalue weighted by Crippen LogP contribution is -2.55. The highest BCUT2D eigenvalue weighted by molar-refractivity contribution is 5.90. The maximum Gasteiger partial charge on any atom is 0.345 e. The van der Waals surface area contributed by atoms with Crippen molar-refractivity contribution in [2.45, 2.75) is 37.8 Å². The van der Waals surface area contributed by atoms with E-state index in [1.54, 1.807) is 0 Å². The Morgan fingerprint density at radius 2 is 1.96 bits per heavy atom. The van der Waals surface area contributed by atoms with Crippen molar-refractivity contribution in [3.8, 4) is 0 Å². The zero-order valence-electron chi connectivity index (χ0n) is 14.3. The molecule has 3 aliphatic rings. The number of hydroxylamine groups is 2. The number of nitrogens with one attached hydrogen (secondary N) is 3. The molecule has 4 amide bonds. The highest BCUT2D eigenvalue weighted by Gasteiger charge is 2.48. The topological polar surface area (TPSA) is 140 Å². The molecule has 3 rings (SSSR count). The van der Waals surface area contributed by atoms with Crippen molar-refractivity contribution in [2.75, 3.05) is 26.2 Å². The van der Waals surface area contributed by atoms with Gasteiger partial charge in [0, 0.05) is 13.1 Å². The second kappa shape index (κ2) is 7.87. The Bertz CT molecular complexity index is 593. The molecule has 0 aliphatic carbocycles. The van der Waals surface area contributed by atoms with Crippen molar-refractivity contribution in [1.29, 1.82) is 0 Å². The molecule has 0 saturated carbocycles. The van der Waals surface area contributed by atoms with E-state index < -0.39 is 30.6 Å². The third-order valence-corrected chi connectivity index (χ3v) is 4.93. The molecular formula is C15H23N5O6. The van der Waals surface area contributed by atoms with Crippen molar-refractivity contribution in [3.63, 3.8) is 0 Å². The largest absolute Gasteiger partial charge is 0.479 e. The molecule has 3 aliphatic heterocycles. The van der Waals surface area contributed by atoms with Crippen LogP contribution in [-0.2, 0) is 19.2 Å². The molecule has 144 valence electrons. The first-order valence-electron chi connectivity index (χ1n) is 8.72. The number of hydrogen-bond donors (Lipinski definition) is 4. The predicted molar refractivity (Wildman–Crippen MR) is 86.2 cm³/mol. The monoisotopic (exact) mass is 369 g/mol. The molecule has 4 N–H and O–H groups in total. The van der Waals surface area contributed by atoms with Crippen molar-refractivity contribution in [1.82, 2.24) is 26.1 Å². The number of fused-ring (bicyclic) bond motifs is 2. The number of hydrogen-bond acceptors (Lipinski definition) is 6. The zero-order valence-corrected chi connectivity index (χ0v) is 14.3. The van der Waals surface area contributed by atoms with Crippen LogP contribution in [0.15, 0.2) is 0 Å². The number of carboxylic acid groups (broad SMARTS) is 1. The van der Waals surface area contributed by atoms with E-state index in [0.717, 1.165) is 24.4 Å². The van der Waals surface area contributed by atoms with Gasteiger partial charge in [0.15, 0.2) is 6.61 Å². The third-order valence-electron chi connectivity index (χ3n) is 4.93. The van der Waals surface area contributed by atoms with E-state index >= 15 is 0 Å². The fourth-order valence-corrected chi connectivity index (χ4v) is 3.58. The number of carbonyl (C=O) groups is 4. The van der Waals surface area contributed by atoms with Crippen molar-refractivity contribution in [3.05, 3.63) is 0 Å². The van der Waals surface area contributed by atoms with Gasteiger partial charge in [-0.15, -0.1) is 0 Å². The standard InChI is InChI=1S/C15H23N5O6/c21-12(22)8-26-20-10-3-4-11(19(7-10)15(20)25)14(24)18-17-13(23)9-2-1-5-16-6-9/h9-11,16H,1-8H2,(H,17,23)(H,18,24)(H,21,22)/t9-,10-,11-/m1/s1. The Balaban J connectivity index is 1.51. The minimum absolute atomic E-state index is 0.187. The minimum atomic E-state index is -1.18. The molecule has 26 heavy (non-hydrogen) atoms. The molecule has 11 heteroatoms. The van der Waals surface area contributed by atoms with Gasteiger partial charge in [-0.1, -0.05) is 0 Å². The van der Waals surface area contributed by atoms with Gasteiger partial charge in [0.1, 0.15) is 6.04 Å². The molecule has 0 aromatic carbocycles. The smallest absolute Gasteiger partial charge is 0.345 e. The molecule has 0 radical (unpaired) electrons. The lowest BCUT2D eigenvalue weighted by Gasteiger charge is -2.29. The number of carboxylic acids is 1. The van der Waals surface area contributed by atoms with E-state index in [9.17, 15) is 19.2 Å². The molecule has 0 aromatic heterocycles. The summed E-state index contributed by atoms with van der Waals surface area (Å²) in [5.41, 5.74) is 4.84. The summed E-state index contributed by atoms with van der Waals surface area (Å²) < 4.78 is 0. The van der Waals surface area contributed by atoms with Gasteiger partial charge in [-0.2, -0.15) is 5.06 Å². The van der Waals surface area contributed by atoms with Crippen LogP contribution in [0.25, 0.3) is 0 Å². The molecule has 0 unspecified atom stereocenters. The number of aliphatic carboxylic acids is 1. The number of nitrogens with zero attached hydrogens (tertiary/aromatic N) is 2. The molecular weight excluding hydrogens is 346 g/mol. The molecule has 0 aromatic rings. The second-order valence-electron chi connectivity index (χ2n) is 6.70. The van der Waals surface area contributed by atoms with Crippen molar-refractivity contribution < 1.29 is 29.1 Å². The molecule has 3 heterocycles. The first-order chi connectivity index (χ1) is 12.5. The lowest BCUT2D eigenvalue weighted by molar-refractivity contribution is -0.167. The van der Waals surface area contributed by atoms with Gasteiger partial charge in [0.2, 0.25) is 5.91 Å². The quantitative estimate of drug-likeness (QED) is 0.429. The summed E-state index contributed by atoms with van der Waals surface area (Å²) in [6.45, 7) is 1.14. The highest BCUT2D eigenvalue weighted by atomic mass is 16.7. The highest BCUT2D eigenvalue weighted by Crippen LogP contribution is 2.30. The Hall–Kier alpha value is -2.40. The Morgan fingerprint density at radius 3 is 2.65 bits per heavy atom. The van der Waals surface area contributed by atoms with Crippen LogP contribution in [0.5, 0.6) is 0 Å². The number of hydrazine groups is 1. The number of piperidine rings is 2. The Kier molecular flexibility index (Phi) is 5.57. The van der Waals surface area contributed by atoms with E-state index in [0.29, 0.717) is 19.4 Å². The molecule has 3 saturated heterocycles. The summed E-state index contributed by atoms with van der Waals surface area (Å²) in [5.74, 6) is -2.08. The van der Waals surface area contributed by atoms with Crippen LogP contribution in [0.3, 0.4) is 0 Å². The van der Waals surface area contributed by atoms with Crippen molar-refractivity contribution >= 4 is 23.8 Å². The van der Waals surface area contributed by atoms with E-state index in [1.807, 2.05) is 0 Å². The van der Waals surface area contributed by atoms with Crippen LogP contribution in [0.4, 0.5) is 4.79 Å². The zero-order chi connectivity index (χ0) is 18.7. The normalized spacial score (nSPS) is 28.0. The molecule has 11 nitrogen and oxygen atoms in total. The van der Waals surface area contributed by atoms with Gasteiger partial charge in [0.25, 0.3) is 5.91 Å². The third kappa shape index (κ3) is 3.88. The number of urea groups is 1. The lowest BCUT2D eigenvalue weighted by atomic mass is 9.99. The fourth-order valence-electron chi connectivity index (χ4n) is 3.58. The van der Waals surface area contributed by atoms with E-state index in [2.05, 4.69) is 16.2 Å². The second-order valence-corrected chi connectivity index (χ2v) is 6.70. The van der Waals surface area contributed by atoms with Crippen LogP contribution in [0.2, 0.25) is 0 Å². The Labute approximate surface area is 149 Å². The van der Waals surface area contributed by atoms with Crippen molar-refractivity contribution in [2.24, 2.45) is 5.92 Å². The van der Waals surface area contributed by atoms with Gasteiger partial charge < -0.3 is 15.3 Å². The Morgan fingerprint density at radius 1 is 1.19 bits per heavy atom. The first kappa shape index (κ1) is 18.4. The van der Waals surface area contributed by atoms with Crippen LogP contribution in [0, 0.1) is 5.92 Å². The molecule has 3 atom stereocenters. The summed E-state index contributed by atoms with van der Waals surface area (Å²) in [7, 11) is 0. The number of rotatable bonds is 5. The van der Waals surface area contributed by atoms with Gasteiger partial charge in [-0.3, -0.25) is 25.3 Å². The summed E-state index contributed by atoms with van der Waals surface area (Å²) in [4.78, 5) is 53.8. The summed E-state index contributed by atoms with van der Waals surface area (Å²) in [6, 6.07) is -1.52. The molecule has 0 spiro atoms. The van der Waals surface area contributed by atoms with Crippen LogP contribution < -0.4 is 16.2 Å².